The van der Waals surface area contributed by atoms with E-state index >= 15 is 0 Å². The summed E-state index contributed by atoms with van der Waals surface area (Å²) in [4.78, 5) is 7.35. The molecule has 2 atom stereocenters. The van der Waals surface area contributed by atoms with Crippen molar-refractivity contribution in [3.63, 3.8) is 0 Å². The van der Waals surface area contributed by atoms with Crippen molar-refractivity contribution in [2.24, 2.45) is 11.3 Å². The Morgan fingerprint density at radius 1 is 1.33 bits per heavy atom. The molecule has 1 N–H and O–H groups in total. The van der Waals surface area contributed by atoms with Gasteiger partial charge in [-0.1, -0.05) is 34.6 Å². The highest BCUT2D eigenvalue weighted by molar-refractivity contribution is 5.10. The molecule has 18 heavy (non-hydrogen) atoms. The second-order valence-corrected chi connectivity index (χ2v) is 7.31. The average Bonchev–Trinajstić information content (AvgIpc) is 2.83. The van der Waals surface area contributed by atoms with Gasteiger partial charge in [0, 0.05) is 17.3 Å². The summed E-state index contributed by atoms with van der Waals surface area (Å²) in [5, 5.41) is 0. The predicted molar refractivity (Wildman–Crippen MR) is 73.5 cm³/mol. The minimum Gasteiger partial charge on any atom is -0.378 e. The van der Waals surface area contributed by atoms with Crippen molar-refractivity contribution < 1.29 is 4.74 Å². The minimum atomic E-state index is 0.105. The molecule has 1 aromatic rings. The Morgan fingerprint density at radius 3 is 2.56 bits per heavy atom. The lowest BCUT2D eigenvalue weighted by molar-refractivity contribution is 0.0778. The van der Waals surface area contributed by atoms with Crippen LogP contribution in [0.15, 0.2) is 12.5 Å². The monoisotopic (exact) mass is 250 g/mol. The second-order valence-electron chi connectivity index (χ2n) is 7.31. The van der Waals surface area contributed by atoms with Gasteiger partial charge in [0.25, 0.3) is 0 Å². The molecule has 1 aromatic heterocycles. The summed E-state index contributed by atoms with van der Waals surface area (Å²) in [6.45, 7) is 12.4. The van der Waals surface area contributed by atoms with Crippen molar-refractivity contribution in [3.05, 3.63) is 18.2 Å². The van der Waals surface area contributed by atoms with Gasteiger partial charge in [-0.15, -0.1) is 0 Å². The lowest BCUT2D eigenvalue weighted by Crippen LogP contribution is -2.25. The van der Waals surface area contributed by atoms with Gasteiger partial charge in [0.15, 0.2) is 0 Å². The molecular weight excluding hydrogens is 224 g/mol. The fraction of sp³-hybridized carbons (Fsp3) is 0.800. The van der Waals surface area contributed by atoms with Crippen LogP contribution in [-0.2, 0) is 10.2 Å². The Hall–Kier alpha value is -0.830. The van der Waals surface area contributed by atoms with Crippen LogP contribution in [0.3, 0.4) is 0 Å². The minimum absolute atomic E-state index is 0.105. The van der Waals surface area contributed by atoms with Gasteiger partial charge in [-0.05, 0) is 24.2 Å². The first kappa shape index (κ1) is 13.6. The Morgan fingerprint density at radius 2 is 2.06 bits per heavy atom. The Labute approximate surface area is 110 Å². The van der Waals surface area contributed by atoms with Crippen LogP contribution in [0.5, 0.6) is 0 Å². The quantitative estimate of drug-likeness (QED) is 0.891. The molecule has 0 saturated carbocycles. The predicted octanol–water partition coefficient (Wildman–Crippen LogP) is 3.53. The third kappa shape index (κ3) is 2.94. The topological polar surface area (TPSA) is 37.9 Å². The van der Waals surface area contributed by atoms with E-state index in [4.69, 9.17) is 4.74 Å². The maximum atomic E-state index is 5.99. The van der Waals surface area contributed by atoms with Crippen LogP contribution < -0.4 is 0 Å². The van der Waals surface area contributed by atoms with Crippen molar-refractivity contribution in [2.75, 3.05) is 6.61 Å². The third-order valence-electron chi connectivity index (χ3n) is 4.27. The van der Waals surface area contributed by atoms with Gasteiger partial charge in [-0.2, -0.15) is 0 Å². The lowest BCUT2D eigenvalue weighted by atomic mass is 9.77. The van der Waals surface area contributed by atoms with E-state index < -0.39 is 0 Å². The zero-order chi connectivity index (χ0) is 13.4. The highest BCUT2D eigenvalue weighted by atomic mass is 16.5. The summed E-state index contributed by atoms with van der Waals surface area (Å²) in [7, 11) is 0. The van der Waals surface area contributed by atoms with E-state index in [1.54, 1.807) is 6.33 Å². The lowest BCUT2D eigenvalue weighted by Gasteiger charge is -2.28. The highest BCUT2D eigenvalue weighted by Gasteiger charge is 2.37. The molecule has 2 rings (SSSR count). The maximum Gasteiger partial charge on any atom is 0.0921 e. The molecule has 102 valence electrons. The number of rotatable bonds is 3. The zero-order valence-electron chi connectivity index (χ0n) is 12.3. The Kier molecular flexibility index (Phi) is 3.54. The van der Waals surface area contributed by atoms with Crippen LogP contribution in [0, 0.1) is 11.3 Å². The number of hydrogen-bond donors (Lipinski definition) is 1. The highest BCUT2D eigenvalue weighted by Crippen LogP contribution is 2.39. The molecule has 1 fully saturated rings. The first-order valence-electron chi connectivity index (χ1n) is 6.89. The standard InChI is InChI=1S/C15H26N2O/c1-14(2,3)11-6-12(18-9-11)7-15(4,5)13-8-16-10-17-13/h8,10-12H,6-7,9H2,1-5H3,(H,16,17). The van der Waals surface area contributed by atoms with Crippen molar-refractivity contribution in [1.29, 1.82) is 0 Å². The normalized spacial score (nSPS) is 25.6. The van der Waals surface area contributed by atoms with Gasteiger partial charge >= 0.3 is 0 Å². The van der Waals surface area contributed by atoms with Gasteiger partial charge in [-0.3, -0.25) is 0 Å². The summed E-state index contributed by atoms with van der Waals surface area (Å²) >= 11 is 0. The van der Waals surface area contributed by atoms with Crippen LogP contribution in [0.1, 0.15) is 53.2 Å². The van der Waals surface area contributed by atoms with Crippen LogP contribution >= 0.6 is 0 Å². The van der Waals surface area contributed by atoms with Crippen molar-refractivity contribution in [2.45, 2.75) is 59.0 Å². The third-order valence-corrected chi connectivity index (χ3v) is 4.27. The molecule has 1 aliphatic rings. The molecule has 0 spiro atoms. The van der Waals surface area contributed by atoms with Gasteiger partial charge in [0.2, 0.25) is 0 Å². The molecule has 0 aliphatic carbocycles. The van der Waals surface area contributed by atoms with Gasteiger partial charge < -0.3 is 9.72 Å². The van der Waals surface area contributed by atoms with E-state index in [0.29, 0.717) is 17.4 Å². The van der Waals surface area contributed by atoms with Crippen molar-refractivity contribution in [3.8, 4) is 0 Å². The van der Waals surface area contributed by atoms with E-state index in [1.807, 2.05) is 6.20 Å². The maximum absolute atomic E-state index is 5.99. The van der Waals surface area contributed by atoms with E-state index in [2.05, 4.69) is 44.6 Å². The number of aromatic nitrogens is 2. The number of nitrogens with one attached hydrogen (secondary N) is 1. The molecule has 2 heterocycles. The van der Waals surface area contributed by atoms with Crippen LogP contribution in [0.2, 0.25) is 0 Å². The first-order chi connectivity index (χ1) is 8.29. The second kappa shape index (κ2) is 4.69. The fourth-order valence-electron chi connectivity index (χ4n) is 2.76. The smallest absolute Gasteiger partial charge is 0.0921 e. The number of nitrogens with zero attached hydrogens (tertiary/aromatic N) is 1. The van der Waals surface area contributed by atoms with Gasteiger partial charge in [0.1, 0.15) is 0 Å². The van der Waals surface area contributed by atoms with E-state index in [-0.39, 0.29) is 5.41 Å². The number of aromatic amines is 1. The molecule has 0 aromatic carbocycles. The molecular formula is C15H26N2O. The van der Waals surface area contributed by atoms with E-state index in [1.165, 1.54) is 12.1 Å². The summed E-state index contributed by atoms with van der Waals surface area (Å²) in [6.07, 6.45) is 6.30. The zero-order valence-corrected chi connectivity index (χ0v) is 12.3. The fourth-order valence-corrected chi connectivity index (χ4v) is 2.76. The van der Waals surface area contributed by atoms with E-state index in [0.717, 1.165) is 13.0 Å². The molecule has 3 nitrogen and oxygen atoms in total. The van der Waals surface area contributed by atoms with Crippen molar-refractivity contribution >= 4 is 0 Å². The summed E-state index contributed by atoms with van der Waals surface area (Å²) < 4.78 is 5.99. The number of hydrogen-bond acceptors (Lipinski definition) is 2. The molecule has 2 unspecified atom stereocenters. The number of ether oxygens (including phenoxy) is 1. The molecule has 1 saturated heterocycles. The first-order valence-corrected chi connectivity index (χ1v) is 6.89. The summed E-state index contributed by atoms with van der Waals surface area (Å²) in [5.74, 6) is 0.681. The molecule has 3 heteroatoms. The van der Waals surface area contributed by atoms with Crippen LogP contribution in [0.25, 0.3) is 0 Å². The van der Waals surface area contributed by atoms with Crippen molar-refractivity contribution in [1.82, 2.24) is 9.97 Å². The van der Waals surface area contributed by atoms with E-state index in [9.17, 15) is 0 Å². The van der Waals surface area contributed by atoms with Gasteiger partial charge in [-0.25, -0.2) is 4.98 Å². The number of H-pyrrole nitrogens is 1. The largest absolute Gasteiger partial charge is 0.378 e. The number of imidazole rings is 1. The summed E-state index contributed by atoms with van der Waals surface area (Å²) in [5.41, 5.74) is 1.66. The Balaban J connectivity index is 1.96. The van der Waals surface area contributed by atoms with Gasteiger partial charge in [0.05, 0.1) is 19.0 Å². The molecule has 0 radical (unpaired) electrons. The molecule has 0 bridgehead atoms. The SMILES string of the molecule is CC(C)(CC1CC(C(C)(C)C)CO1)c1cnc[nH]1. The van der Waals surface area contributed by atoms with Crippen LogP contribution in [0.4, 0.5) is 0 Å². The molecule has 0 amide bonds. The average molecular weight is 250 g/mol. The Bertz CT molecular complexity index is 376. The van der Waals surface area contributed by atoms with Crippen LogP contribution in [-0.4, -0.2) is 22.7 Å². The summed E-state index contributed by atoms with van der Waals surface area (Å²) in [6, 6.07) is 0. The molecule has 1 aliphatic heterocycles.